The highest BCUT2D eigenvalue weighted by atomic mass is 32.2. The largest absolute Gasteiger partial charge is 0.493 e. The van der Waals surface area contributed by atoms with Crippen LogP contribution in [0.1, 0.15) is 44.5 Å². The van der Waals surface area contributed by atoms with Gasteiger partial charge in [-0.3, -0.25) is 4.79 Å². The first-order chi connectivity index (χ1) is 13.2. The van der Waals surface area contributed by atoms with Crippen LogP contribution in [0.4, 0.5) is 5.69 Å². The number of anilines is 1. The van der Waals surface area contributed by atoms with Gasteiger partial charge in [-0.25, -0.2) is 13.1 Å². The average molecular weight is 405 g/mol. The van der Waals surface area contributed by atoms with Crippen LogP contribution in [-0.4, -0.2) is 27.0 Å². The molecule has 2 N–H and O–H groups in total. The van der Waals surface area contributed by atoms with E-state index in [1.807, 2.05) is 19.9 Å². The van der Waals surface area contributed by atoms with E-state index < -0.39 is 10.0 Å². The van der Waals surface area contributed by atoms with Gasteiger partial charge in [-0.1, -0.05) is 26.8 Å². The Kier molecular flexibility index (Phi) is 7.60. The smallest absolute Gasteiger partial charge is 0.255 e. The van der Waals surface area contributed by atoms with Crippen molar-refractivity contribution in [3.05, 3.63) is 54.1 Å². The number of hydrogen-bond acceptors (Lipinski definition) is 4. The van der Waals surface area contributed by atoms with Crippen molar-refractivity contribution in [3.8, 4) is 5.75 Å². The lowest BCUT2D eigenvalue weighted by Gasteiger charge is -2.13. The van der Waals surface area contributed by atoms with E-state index in [0.717, 1.165) is 0 Å². The maximum absolute atomic E-state index is 12.5. The molecule has 6 nitrogen and oxygen atoms in total. The van der Waals surface area contributed by atoms with Crippen LogP contribution in [0, 0.1) is 5.92 Å². The molecule has 0 aliphatic rings. The van der Waals surface area contributed by atoms with E-state index >= 15 is 0 Å². The van der Waals surface area contributed by atoms with Gasteiger partial charge < -0.3 is 10.1 Å². The topological polar surface area (TPSA) is 84.5 Å². The highest BCUT2D eigenvalue weighted by molar-refractivity contribution is 7.89. The van der Waals surface area contributed by atoms with Crippen LogP contribution < -0.4 is 14.8 Å². The third kappa shape index (κ3) is 6.35. The van der Waals surface area contributed by atoms with Crippen molar-refractivity contribution >= 4 is 21.6 Å². The normalized spacial score (nSPS) is 12.6. The molecule has 1 unspecified atom stereocenters. The van der Waals surface area contributed by atoms with Gasteiger partial charge in [0.15, 0.2) is 0 Å². The van der Waals surface area contributed by atoms with Crippen molar-refractivity contribution in [3.63, 3.8) is 0 Å². The van der Waals surface area contributed by atoms with Gasteiger partial charge in [0.25, 0.3) is 5.91 Å². The minimum Gasteiger partial charge on any atom is -0.493 e. The summed E-state index contributed by atoms with van der Waals surface area (Å²) in [5, 5.41) is 2.77. The summed E-state index contributed by atoms with van der Waals surface area (Å²) in [6.45, 7) is 8.41. The van der Waals surface area contributed by atoms with Crippen LogP contribution in [0.2, 0.25) is 0 Å². The molecule has 7 heteroatoms. The molecule has 1 amide bonds. The second-order valence-corrected chi connectivity index (χ2v) is 8.86. The number of carbonyl (C=O) groups is 1. The molecular formula is C21H28N2O4S. The molecule has 0 heterocycles. The standard InChI is InChI=1S/C21H28N2O4S/c1-5-16(4)23-28(25,26)20-11-9-18(10-12-20)22-21(24)17-7-6-8-19(13-17)27-14-15(2)3/h6-13,15-16,23H,5,14H2,1-4H3,(H,22,24). The molecule has 0 spiro atoms. The van der Waals surface area contributed by atoms with Crippen molar-refractivity contribution in [2.75, 3.05) is 11.9 Å². The van der Waals surface area contributed by atoms with Crippen molar-refractivity contribution < 1.29 is 17.9 Å². The number of hydrogen-bond donors (Lipinski definition) is 2. The molecule has 2 rings (SSSR count). The number of sulfonamides is 1. The van der Waals surface area contributed by atoms with Crippen LogP contribution in [0.5, 0.6) is 5.75 Å². The van der Waals surface area contributed by atoms with Crippen molar-refractivity contribution in [1.29, 1.82) is 0 Å². The number of carbonyl (C=O) groups excluding carboxylic acids is 1. The fourth-order valence-electron chi connectivity index (χ4n) is 2.33. The predicted molar refractivity (Wildman–Crippen MR) is 111 cm³/mol. The van der Waals surface area contributed by atoms with E-state index in [1.54, 1.807) is 30.3 Å². The van der Waals surface area contributed by atoms with Gasteiger partial charge in [0.05, 0.1) is 11.5 Å². The van der Waals surface area contributed by atoms with Crippen LogP contribution >= 0.6 is 0 Å². The van der Waals surface area contributed by atoms with Gasteiger partial charge in [0, 0.05) is 17.3 Å². The molecule has 0 fully saturated rings. The maximum Gasteiger partial charge on any atom is 0.255 e. The van der Waals surface area contributed by atoms with E-state index in [-0.39, 0.29) is 16.8 Å². The van der Waals surface area contributed by atoms with E-state index in [4.69, 9.17) is 4.74 Å². The molecule has 0 saturated carbocycles. The Morgan fingerprint density at radius 3 is 2.36 bits per heavy atom. The SMILES string of the molecule is CCC(C)NS(=O)(=O)c1ccc(NC(=O)c2cccc(OCC(C)C)c2)cc1. The summed E-state index contributed by atoms with van der Waals surface area (Å²) < 4.78 is 32.8. The lowest BCUT2D eigenvalue weighted by molar-refractivity contribution is 0.102. The molecule has 28 heavy (non-hydrogen) atoms. The highest BCUT2D eigenvalue weighted by Gasteiger charge is 2.16. The summed E-state index contributed by atoms with van der Waals surface area (Å²) in [7, 11) is -3.57. The van der Waals surface area contributed by atoms with Crippen molar-refractivity contribution in [2.45, 2.75) is 45.1 Å². The lowest BCUT2D eigenvalue weighted by Crippen LogP contribution is -2.31. The zero-order valence-corrected chi connectivity index (χ0v) is 17.5. The highest BCUT2D eigenvalue weighted by Crippen LogP contribution is 2.18. The quantitative estimate of drug-likeness (QED) is 0.660. The van der Waals surface area contributed by atoms with E-state index in [0.29, 0.717) is 35.9 Å². The van der Waals surface area contributed by atoms with E-state index in [2.05, 4.69) is 23.9 Å². The van der Waals surface area contributed by atoms with Gasteiger partial charge in [-0.2, -0.15) is 0 Å². The summed E-state index contributed by atoms with van der Waals surface area (Å²) in [5.74, 6) is 0.740. The number of ether oxygens (including phenoxy) is 1. The molecule has 0 aromatic heterocycles. The summed E-state index contributed by atoms with van der Waals surface area (Å²) >= 11 is 0. The van der Waals surface area contributed by atoms with Crippen LogP contribution in [0.25, 0.3) is 0 Å². The molecule has 2 aromatic rings. The van der Waals surface area contributed by atoms with Crippen LogP contribution in [0.3, 0.4) is 0 Å². The third-order valence-electron chi connectivity index (χ3n) is 4.07. The average Bonchev–Trinajstić information content (AvgIpc) is 2.66. The Hall–Kier alpha value is -2.38. The first kappa shape index (κ1) is 21.9. The first-order valence-corrected chi connectivity index (χ1v) is 10.9. The van der Waals surface area contributed by atoms with Gasteiger partial charge >= 0.3 is 0 Å². The van der Waals surface area contributed by atoms with Crippen molar-refractivity contribution in [2.24, 2.45) is 5.92 Å². The summed E-state index contributed by atoms with van der Waals surface area (Å²) in [6, 6.07) is 12.9. The predicted octanol–water partition coefficient (Wildman–Crippen LogP) is 4.05. The lowest BCUT2D eigenvalue weighted by atomic mass is 10.2. The third-order valence-corrected chi connectivity index (χ3v) is 5.68. The van der Waals surface area contributed by atoms with Crippen molar-refractivity contribution in [1.82, 2.24) is 4.72 Å². The molecular weight excluding hydrogens is 376 g/mol. The molecule has 0 saturated heterocycles. The molecule has 1 atom stereocenters. The number of rotatable bonds is 9. The Bertz CT molecular complexity index is 893. The number of benzene rings is 2. The fourth-order valence-corrected chi connectivity index (χ4v) is 3.65. The summed E-state index contributed by atoms with van der Waals surface area (Å²) in [5.41, 5.74) is 0.984. The van der Waals surface area contributed by atoms with E-state index in [9.17, 15) is 13.2 Å². The number of amides is 1. The second kappa shape index (κ2) is 9.71. The van der Waals surface area contributed by atoms with Crippen LogP contribution in [0.15, 0.2) is 53.4 Å². The van der Waals surface area contributed by atoms with Gasteiger partial charge in [-0.15, -0.1) is 0 Å². The molecule has 0 radical (unpaired) electrons. The van der Waals surface area contributed by atoms with Crippen LogP contribution in [-0.2, 0) is 10.0 Å². The van der Waals surface area contributed by atoms with Gasteiger partial charge in [0.1, 0.15) is 5.75 Å². The Balaban J connectivity index is 2.06. The minimum atomic E-state index is -3.57. The fraction of sp³-hybridized carbons (Fsp3) is 0.381. The molecule has 0 bridgehead atoms. The molecule has 0 aliphatic heterocycles. The van der Waals surface area contributed by atoms with E-state index in [1.165, 1.54) is 12.1 Å². The summed E-state index contributed by atoms with van der Waals surface area (Å²) in [6.07, 6.45) is 0.702. The van der Waals surface area contributed by atoms with Gasteiger partial charge in [-0.05, 0) is 61.7 Å². The van der Waals surface area contributed by atoms with Gasteiger partial charge in [0.2, 0.25) is 10.0 Å². The molecule has 2 aromatic carbocycles. The monoisotopic (exact) mass is 404 g/mol. The summed E-state index contributed by atoms with van der Waals surface area (Å²) in [4.78, 5) is 12.6. The first-order valence-electron chi connectivity index (χ1n) is 9.38. The number of nitrogens with one attached hydrogen (secondary N) is 2. The molecule has 152 valence electrons. The zero-order valence-electron chi connectivity index (χ0n) is 16.7. The Morgan fingerprint density at radius 1 is 1.07 bits per heavy atom. The zero-order chi connectivity index (χ0) is 20.7. The minimum absolute atomic E-state index is 0.144. The molecule has 0 aliphatic carbocycles. The maximum atomic E-state index is 12.5. The Labute approximate surface area is 167 Å². The Morgan fingerprint density at radius 2 is 1.75 bits per heavy atom. The second-order valence-electron chi connectivity index (χ2n) is 7.14.